The average molecular weight is 240 g/mol. The lowest BCUT2D eigenvalue weighted by Crippen LogP contribution is -2.26. The Bertz CT molecular complexity index is 415. The van der Waals surface area contributed by atoms with Gasteiger partial charge in [-0.05, 0) is 17.7 Å². The maximum absolute atomic E-state index is 12.8. The third-order valence-electron chi connectivity index (χ3n) is 2.98. The first-order valence-corrected chi connectivity index (χ1v) is 5.68. The van der Waals surface area contributed by atoms with E-state index in [1.165, 1.54) is 0 Å². The van der Waals surface area contributed by atoms with Crippen LogP contribution in [0.1, 0.15) is 25.0 Å². The van der Waals surface area contributed by atoms with E-state index in [1.807, 2.05) is 13.8 Å². The number of alkyl halides is 1. The summed E-state index contributed by atoms with van der Waals surface area (Å²) in [5, 5.41) is 9.42. The van der Waals surface area contributed by atoms with Crippen LogP contribution >= 0.6 is 0 Å². The van der Waals surface area contributed by atoms with Crippen molar-refractivity contribution >= 4 is 0 Å². The number of hydrogen-bond acceptors (Lipinski definition) is 3. The Morgan fingerprint density at radius 1 is 1.29 bits per heavy atom. The van der Waals surface area contributed by atoms with E-state index < -0.39 is 12.1 Å². The molecule has 17 heavy (non-hydrogen) atoms. The number of ether oxygens (including phenoxy) is 2. The van der Waals surface area contributed by atoms with Crippen molar-refractivity contribution in [2.75, 3.05) is 19.8 Å². The molecule has 94 valence electrons. The highest BCUT2D eigenvalue weighted by Crippen LogP contribution is 2.41. The summed E-state index contributed by atoms with van der Waals surface area (Å²) in [6, 6.07) is 3.40. The van der Waals surface area contributed by atoms with Crippen molar-refractivity contribution in [2.24, 2.45) is 0 Å². The fourth-order valence-corrected chi connectivity index (χ4v) is 1.88. The summed E-state index contributed by atoms with van der Waals surface area (Å²) in [5.41, 5.74) is 0.867. The molecule has 4 heteroatoms. The van der Waals surface area contributed by atoms with Crippen LogP contribution in [0.25, 0.3) is 0 Å². The summed E-state index contributed by atoms with van der Waals surface area (Å²) >= 11 is 0. The number of aliphatic hydroxyl groups is 1. The monoisotopic (exact) mass is 240 g/mol. The number of rotatable bonds is 3. The van der Waals surface area contributed by atoms with Gasteiger partial charge in [-0.15, -0.1) is 0 Å². The van der Waals surface area contributed by atoms with Crippen molar-refractivity contribution in [2.45, 2.75) is 25.9 Å². The van der Waals surface area contributed by atoms with Crippen molar-refractivity contribution in [3.8, 4) is 11.5 Å². The fraction of sp³-hybridized carbons (Fsp3) is 0.538. The number of aliphatic hydroxyl groups excluding tert-OH is 1. The van der Waals surface area contributed by atoms with Crippen molar-refractivity contribution in [3.05, 3.63) is 23.3 Å². The van der Waals surface area contributed by atoms with Crippen LogP contribution in [-0.2, 0) is 12.1 Å². The van der Waals surface area contributed by atoms with Gasteiger partial charge in [-0.25, -0.2) is 4.39 Å². The molecule has 0 amide bonds. The largest absolute Gasteiger partial charge is 0.486 e. The van der Waals surface area contributed by atoms with Gasteiger partial charge in [0.2, 0.25) is 0 Å². The molecule has 0 aromatic heterocycles. The first-order valence-electron chi connectivity index (χ1n) is 5.68. The minimum absolute atomic E-state index is 0.0292. The van der Waals surface area contributed by atoms with E-state index in [2.05, 4.69) is 0 Å². The number of halogens is 1. The Labute approximate surface area is 100 Å². The molecule has 0 fully saturated rings. The minimum Gasteiger partial charge on any atom is -0.486 e. The highest BCUT2D eigenvalue weighted by Gasteiger charge is 2.28. The molecule has 1 aromatic carbocycles. The Morgan fingerprint density at radius 3 is 2.65 bits per heavy atom. The van der Waals surface area contributed by atoms with Crippen molar-refractivity contribution in [3.63, 3.8) is 0 Å². The second-order valence-corrected chi connectivity index (χ2v) is 4.84. The van der Waals surface area contributed by atoms with E-state index in [9.17, 15) is 9.50 Å². The molecule has 0 saturated heterocycles. The van der Waals surface area contributed by atoms with E-state index in [0.29, 0.717) is 30.3 Å². The average Bonchev–Trinajstić information content (AvgIpc) is 2.37. The fourth-order valence-electron chi connectivity index (χ4n) is 1.88. The topological polar surface area (TPSA) is 38.7 Å². The van der Waals surface area contributed by atoms with Gasteiger partial charge < -0.3 is 14.6 Å². The molecule has 2 rings (SSSR count). The minimum atomic E-state index is -0.550. The summed E-state index contributed by atoms with van der Waals surface area (Å²) in [7, 11) is 0. The third-order valence-corrected chi connectivity index (χ3v) is 2.98. The van der Waals surface area contributed by atoms with Crippen LogP contribution in [-0.4, -0.2) is 24.9 Å². The van der Waals surface area contributed by atoms with Crippen LogP contribution in [0.2, 0.25) is 0 Å². The lowest BCUT2D eigenvalue weighted by molar-refractivity contribution is 0.161. The molecule has 1 heterocycles. The van der Waals surface area contributed by atoms with E-state index in [0.717, 1.165) is 5.56 Å². The summed E-state index contributed by atoms with van der Waals surface area (Å²) in [4.78, 5) is 0. The Hall–Kier alpha value is -1.29. The van der Waals surface area contributed by atoms with Crippen molar-refractivity contribution in [1.82, 2.24) is 0 Å². The van der Waals surface area contributed by atoms with Gasteiger partial charge >= 0.3 is 0 Å². The molecule has 0 saturated carbocycles. The zero-order valence-corrected chi connectivity index (χ0v) is 10.1. The quantitative estimate of drug-likeness (QED) is 0.880. The summed E-state index contributed by atoms with van der Waals surface area (Å²) in [6.07, 6.45) is 0. The molecule has 1 aromatic rings. The molecule has 1 aliphatic rings. The maximum atomic E-state index is 12.8. The second-order valence-electron chi connectivity index (χ2n) is 4.84. The van der Waals surface area contributed by atoms with Crippen LogP contribution in [0.15, 0.2) is 12.1 Å². The number of benzene rings is 1. The zero-order chi connectivity index (χ0) is 12.5. The van der Waals surface area contributed by atoms with Gasteiger partial charge in [0.25, 0.3) is 0 Å². The van der Waals surface area contributed by atoms with Gasteiger partial charge in [-0.2, -0.15) is 0 Å². The Morgan fingerprint density at radius 2 is 2.00 bits per heavy atom. The summed E-state index contributed by atoms with van der Waals surface area (Å²) in [6.45, 7) is 4.16. The van der Waals surface area contributed by atoms with Crippen LogP contribution < -0.4 is 9.47 Å². The van der Waals surface area contributed by atoms with Gasteiger partial charge in [0.05, 0.1) is 6.61 Å². The number of fused-ring (bicyclic) bond motifs is 1. The molecule has 1 N–H and O–H groups in total. The second kappa shape index (κ2) is 4.53. The van der Waals surface area contributed by atoms with E-state index in [1.54, 1.807) is 12.1 Å². The molecule has 0 aliphatic carbocycles. The van der Waals surface area contributed by atoms with Crippen LogP contribution in [0.5, 0.6) is 11.5 Å². The molecule has 0 bridgehead atoms. The predicted octanol–water partition coefficient (Wildman–Crippen LogP) is 2.20. The lowest BCUT2D eigenvalue weighted by atomic mass is 9.83. The van der Waals surface area contributed by atoms with Crippen LogP contribution in [0, 0.1) is 0 Å². The number of hydrogen-bond donors (Lipinski definition) is 1. The predicted molar refractivity (Wildman–Crippen MR) is 62.4 cm³/mol. The molecule has 1 aliphatic heterocycles. The highest BCUT2D eigenvalue weighted by atomic mass is 19.1. The zero-order valence-electron chi connectivity index (χ0n) is 10.1. The van der Waals surface area contributed by atoms with E-state index >= 15 is 0 Å². The molecular formula is C13H17FO3. The first kappa shape index (κ1) is 12.2. The molecular weight excluding hydrogens is 223 g/mol. The maximum Gasteiger partial charge on any atom is 0.165 e. The molecule has 0 spiro atoms. The molecule has 0 atom stereocenters. The van der Waals surface area contributed by atoms with Gasteiger partial charge in [-0.3, -0.25) is 0 Å². The van der Waals surface area contributed by atoms with Crippen LogP contribution in [0.3, 0.4) is 0 Å². The van der Waals surface area contributed by atoms with Gasteiger partial charge in [0.1, 0.15) is 19.9 Å². The molecule has 0 unspecified atom stereocenters. The van der Waals surface area contributed by atoms with Crippen molar-refractivity contribution in [1.29, 1.82) is 0 Å². The van der Waals surface area contributed by atoms with Gasteiger partial charge in [-0.1, -0.05) is 13.8 Å². The third kappa shape index (κ3) is 2.22. The Balaban J connectivity index is 2.55. The smallest absolute Gasteiger partial charge is 0.165 e. The normalized spacial score (nSPS) is 14.8. The highest BCUT2D eigenvalue weighted by molar-refractivity contribution is 5.53. The Kier molecular flexibility index (Phi) is 3.24. The van der Waals surface area contributed by atoms with Crippen LogP contribution in [0.4, 0.5) is 4.39 Å². The molecule has 3 nitrogen and oxygen atoms in total. The van der Waals surface area contributed by atoms with Gasteiger partial charge in [0, 0.05) is 11.0 Å². The summed E-state index contributed by atoms with van der Waals surface area (Å²) in [5.74, 6) is 1.20. The first-order chi connectivity index (χ1) is 8.08. The van der Waals surface area contributed by atoms with E-state index in [-0.39, 0.29) is 6.61 Å². The SMILES string of the molecule is CC(C)(CO)c1cc(CF)cc2c1OCCO2. The molecule has 0 radical (unpaired) electrons. The lowest BCUT2D eigenvalue weighted by Gasteiger charge is -2.29. The standard InChI is InChI=1S/C13H17FO3/c1-13(2,8-15)10-5-9(7-14)6-11-12(10)17-4-3-16-11/h5-6,15H,3-4,7-8H2,1-2H3. The van der Waals surface area contributed by atoms with E-state index in [4.69, 9.17) is 9.47 Å². The van der Waals surface area contributed by atoms with Gasteiger partial charge in [0.15, 0.2) is 11.5 Å². The van der Waals surface area contributed by atoms with Crippen molar-refractivity contribution < 1.29 is 19.0 Å². The summed E-state index contributed by atoms with van der Waals surface area (Å²) < 4.78 is 23.9.